The summed E-state index contributed by atoms with van der Waals surface area (Å²) >= 11 is 0. The molecule has 0 spiro atoms. The van der Waals surface area contributed by atoms with E-state index in [1.807, 2.05) is 0 Å². The molecule has 0 bridgehead atoms. The lowest BCUT2D eigenvalue weighted by Crippen LogP contribution is -2.37. The Bertz CT molecular complexity index is 1650. The third-order valence-electron chi connectivity index (χ3n) is 8.21. The molecule has 1 aliphatic carbocycles. The Hall–Kier alpha value is -4.28. The number of Topliss-reactive ketones (excluding diaryl/α,β-unsaturated/α-hetero) is 2. The van der Waals surface area contributed by atoms with Crippen LogP contribution >= 0.6 is 0 Å². The van der Waals surface area contributed by atoms with Crippen LogP contribution in [0.3, 0.4) is 0 Å². The molecule has 2 fully saturated rings. The van der Waals surface area contributed by atoms with Gasteiger partial charge in [-0.1, -0.05) is 18.2 Å². The topological polar surface area (TPSA) is 90.9 Å². The molecule has 2 aliphatic rings. The fourth-order valence-electron chi connectivity index (χ4n) is 5.46. The summed E-state index contributed by atoms with van der Waals surface area (Å²) < 4.78 is 45.5. The van der Waals surface area contributed by atoms with Gasteiger partial charge in [0.2, 0.25) is 5.88 Å². The average Bonchev–Trinajstić information content (AvgIpc) is 3.85. The van der Waals surface area contributed by atoms with Crippen molar-refractivity contribution < 1.29 is 32.6 Å². The predicted molar refractivity (Wildman–Crippen MR) is 159 cm³/mol. The molecule has 1 saturated carbocycles. The van der Waals surface area contributed by atoms with Crippen molar-refractivity contribution in [3.63, 3.8) is 0 Å². The van der Waals surface area contributed by atoms with Crippen molar-refractivity contribution in [1.82, 2.24) is 14.9 Å². The molecule has 1 saturated heterocycles. The smallest absolute Gasteiger partial charge is 0.215 e. The Morgan fingerprint density at radius 1 is 0.886 bits per heavy atom. The fourth-order valence-corrected chi connectivity index (χ4v) is 5.46. The molecule has 1 aliphatic heterocycles. The maximum absolute atomic E-state index is 15.2. The van der Waals surface area contributed by atoms with E-state index in [2.05, 4.69) is 14.9 Å². The van der Waals surface area contributed by atoms with Gasteiger partial charge >= 0.3 is 0 Å². The molecule has 228 valence electrons. The molecular weight excluding hydrogens is 568 g/mol. The summed E-state index contributed by atoms with van der Waals surface area (Å²) in [7, 11) is 0. The number of hydrogen-bond donors (Lipinski definition) is 0. The van der Waals surface area contributed by atoms with Crippen LogP contribution in [0.1, 0.15) is 30.4 Å². The minimum atomic E-state index is -1.05. The second-order valence-electron chi connectivity index (χ2n) is 11.3. The summed E-state index contributed by atoms with van der Waals surface area (Å²) in [6.45, 7) is 4.85. The van der Waals surface area contributed by atoms with Crippen molar-refractivity contribution in [2.45, 2.75) is 32.1 Å². The van der Waals surface area contributed by atoms with Gasteiger partial charge < -0.3 is 14.2 Å². The molecule has 0 unspecified atom stereocenters. The van der Waals surface area contributed by atoms with Gasteiger partial charge in [0, 0.05) is 50.9 Å². The number of ether oxygens (including phenoxy) is 3. The Morgan fingerprint density at radius 2 is 1.61 bits per heavy atom. The first-order valence-corrected chi connectivity index (χ1v) is 14.8. The lowest BCUT2D eigenvalue weighted by Gasteiger charge is -2.26. The van der Waals surface area contributed by atoms with Gasteiger partial charge in [0.15, 0.2) is 23.1 Å². The first kappa shape index (κ1) is 29.8. The third-order valence-corrected chi connectivity index (χ3v) is 8.21. The average molecular weight is 602 g/mol. The zero-order chi connectivity index (χ0) is 30.5. The number of carbonyl (C=O) groups is 2. The van der Waals surface area contributed by atoms with Crippen LogP contribution in [0.15, 0.2) is 67.0 Å². The maximum atomic E-state index is 15.2. The fraction of sp³-hybridized carbons (Fsp3) is 0.353. The lowest BCUT2D eigenvalue weighted by atomic mass is 9.88. The first-order chi connectivity index (χ1) is 21.4. The number of rotatable bonds is 13. The van der Waals surface area contributed by atoms with Crippen molar-refractivity contribution >= 4 is 22.5 Å². The highest BCUT2D eigenvalue weighted by molar-refractivity contribution is 6.10. The molecule has 4 aromatic rings. The highest BCUT2D eigenvalue weighted by Gasteiger charge is 2.54. The number of halogens is 2. The number of fused-ring (bicyclic) bond motifs is 1. The lowest BCUT2D eigenvalue weighted by molar-refractivity contribution is -0.133. The SMILES string of the molecule is O=C(Cc1ccc(F)cc1)C1(C(=O)Cc2ccc(Oc3ccnc4cc(OCCCN5CCOCC5)ncc34)c(F)c2)CC1. The Balaban J connectivity index is 1.06. The van der Waals surface area contributed by atoms with Gasteiger partial charge in [-0.3, -0.25) is 19.5 Å². The number of carbonyl (C=O) groups excluding carboxylic acids is 2. The van der Waals surface area contributed by atoms with Gasteiger partial charge in [-0.25, -0.2) is 13.8 Å². The molecule has 0 atom stereocenters. The zero-order valence-electron chi connectivity index (χ0n) is 24.3. The molecule has 0 radical (unpaired) electrons. The van der Waals surface area contributed by atoms with Crippen molar-refractivity contribution in [3.8, 4) is 17.4 Å². The molecule has 2 aromatic carbocycles. The standard InChI is InChI=1S/C34H33F2N3O5/c35-25-5-2-23(3-6-25)19-31(40)34(9-10-34)32(41)20-24-4-7-30(27(36)18-24)44-29-8-11-37-28-21-33(38-22-26(28)29)43-15-1-12-39-13-16-42-17-14-39/h2-8,11,18,21-22H,1,9-10,12-17,19-20H2. The number of ketones is 2. The van der Waals surface area contributed by atoms with Crippen molar-refractivity contribution in [3.05, 3.63) is 89.8 Å². The Labute approximate surface area is 254 Å². The van der Waals surface area contributed by atoms with E-state index in [0.717, 1.165) is 39.3 Å². The van der Waals surface area contributed by atoms with Gasteiger partial charge in [-0.2, -0.15) is 0 Å². The summed E-state index contributed by atoms with van der Waals surface area (Å²) in [5.41, 5.74) is 0.666. The molecule has 6 rings (SSSR count). The van der Waals surface area contributed by atoms with Crippen molar-refractivity contribution in [1.29, 1.82) is 0 Å². The summed E-state index contributed by atoms with van der Waals surface area (Å²) in [6, 6.07) is 13.4. The van der Waals surface area contributed by atoms with Crippen LogP contribution in [0, 0.1) is 17.0 Å². The normalized spacial score (nSPS) is 16.0. The summed E-state index contributed by atoms with van der Waals surface area (Å²) in [4.78, 5) is 37.2. The largest absolute Gasteiger partial charge is 0.478 e. The van der Waals surface area contributed by atoms with Crippen LogP contribution in [-0.4, -0.2) is 65.9 Å². The number of aromatic nitrogens is 2. The van der Waals surface area contributed by atoms with E-state index >= 15 is 4.39 Å². The minimum absolute atomic E-state index is 0.00865. The molecule has 2 aromatic heterocycles. The van der Waals surface area contributed by atoms with Gasteiger partial charge in [-0.15, -0.1) is 0 Å². The maximum Gasteiger partial charge on any atom is 0.215 e. The number of benzene rings is 2. The number of nitrogens with zero attached hydrogens (tertiary/aromatic N) is 3. The van der Waals surface area contributed by atoms with E-state index in [1.54, 1.807) is 42.7 Å². The molecule has 10 heteroatoms. The molecule has 44 heavy (non-hydrogen) atoms. The summed E-state index contributed by atoms with van der Waals surface area (Å²) in [5, 5.41) is 0.599. The van der Waals surface area contributed by atoms with Crippen LogP contribution in [-0.2, 0) is 27.2 Å². The minimum Gasteiger partial charge on any atom is -0.478 e. The van der Waals surface area contributed by atoms with E-state index in [4.69, 9.17) is 14.2 Å². The van der Waals surface area contributed by atoms with E-state index in [9.17, 15) is 14.0 Å². The van der Waals surface area contributed by atoms with E-state index in [-0.39, 0.29) is 36.0 Å². The van der Waals surface area contributed by atoms with Crippen molar-refractivity contribution in [2.75, 3.05) is 39.5 Å². The summed E-state index contributed by atoms with van der Waals surface area (Å²) in [6.07, 6.45) is 4.97. The van der Waals surface area contributed by atoms with E-state index in [0.29, 0.717) is 53.1 Å². The molecule has 8 nitrogen and oxygen atoms in total. The highest BCUT2D eigenvalue weighted by atomic mass is 19.1. The van der Waals surface area contributed by atoms with E-state index < -0.39 is 11.2 Å². The third kappa shape index (κ3) is 6.92. The van der Waals surface area contributed by atoms with Crippen LogP contribution in [0.5, 0.6) is 17.4 Å². The van der Waals surface area contributed by atoms with Crippen LogP contribution in [0.2, 0.25) is 0 Å². The van der Waals surface area contributed by atoms with Gasteiger partial charge in [0.1, 0.15) is 11.6 Å². The number of hydrogen-bond acceptors (Lipinski definition) is 8. The molecule has 0 N–H and O–H groups in total. The zero-order valence-corrected chi connectivity index (χ0v) is 24.3. The van der Waals surface area contributed by atoms with Crippen LogP contribution in [0.25, 0.3) is 10.9 Å². The predicted octanol–water partition coefficient (Wildman–Crippen LogP) is 5.51. The van der Waals surface area contributed by atoms with Crippen molar-refractivity contribution in [2.24, 2.45) is 5.41 Å². The Morgan fingerprint density at radius 3 is 2.34 bits per heavy atom. The second kappa shape index (κ2) is 13.2. The van der Waals surface area contributed by atoms with Gasteiger partial charge in [-0.05, 0) is 60.7 Å². The first-order valence-electron chi connectivity index (χ1n) is 14.8. The van der Waals surface area contributed by atoms with E-state index in [1.165, 1.54) is 24.3 Å². The second-order valence-corrected chi connectivity index (χ2v) is 11.3. The van der Waals surface area contributed by atoms with Gasteiger partial charge in [0.05, 0.1) is 36.1 Å². The van der Waals surface area contributed by atoms with Gasteiger partial charge in [0.25, 0.3) is 0 Å². The number of morpholine rings is 1. The quantitative estimate of drug-likeness (QED) is 0.147. The molecular formula is C34H33F2N3O5. The van der Waals surface area contributed by atoms with Crippen LogP contribution in [0.4, 0.5) is 8.78 Å². The number of pyridine rings is 2. The van der Waals surface area contributed by atoms with Crippen LogP contribution < -0.4 is 9.47 Å². The summed E-state index contributed by atoms with van der Waals surface area (Å²) in [5.74, 6) is -0.605. The highest BCUT2D eigenvalue weighted by Crippen LogP contribution is 2.49. The molecule has 3 heterocycles. The Kier molecular flexibility index (Phi) is 8.90. The molecule has 0 amide bonds. The monoisotopic (exact) mass is 601 g/mol.